The molecule has 3 unspecified atom stereocenters. The minimum Gasteiger partial charge on any atom is -0.479 e. The van der Waals surface area contributed by atoms with Gasteiger partial charge in [0, 0.05) is 6.04 Å². The van der Waals surface area contributed by atoms with Crippen molar-refractivity contribution in [2.24, 2.45) is 0 Å². The van der Waals surface area contributed by atoms with E-state index in [1.807, 2.05) is 13.8 Å². The number of aliphatic carboxylic acids is 1. The van der Waals surface area contributed by atoms with E-state index >= 15 is 0 Å². The summed E-state index contributed by atoms with van der Waals surface area (Å²) in [6.45, 7) is 5.22. The van der Waals surface area contributed by atoms with E-state index in [0.717, 1.165) is 0 Å². The smallest absolute Gasteiger partial charge is 0.332 e. The summed E-state index contributed by atoms with van der Waals surface area (Å²) in [5, 5.41) is 14.0. The molecule has 1 heterocycles. The van der Waals surface area contributed by atoms with Gasteiger partial charge in [0.15, 0.2) is 6.10 Å². The van der Waals surface area contributed by atoms with E-state index in [1.165, 1.54) is 0 Å². The van der Waals surface area contributed by atoms with Gasteiger partial charge in [-0.3, -0.25) is 9.59 Å². The molecular formula is C12H20N2O5. The Morgan fingerprint density at radius 3 is 2.16 bits per heavy atom. The molecule has 0 saturated carbocycles. The second kappa shape index (κ2) is 6.51. The van der Waals surface area contributed by atoms with Crippen LogP contribution in [0, 0.1) is 0 Å². The molecule has 0 aromatic heterocycles. The number of ether oxygens (including phenoxy) is 1. The maximum atomic E-state index is 11.8. The summed E-state index contributed by atoms with van der Waals surface area (Å²) in [7, 11) is 0. The van der Waals surface area contributed by atoms with Crippen LogP contribution in [0.25, 0.3) is 0 Å². The summed E-state index contributed by atoms with van der Waals surface area (Å²) in [5.41, 5.74) is 0. The van der Waals surface area contributed by atoms with E-state index in [0.29, 0.717) is 12.8 Å². The molecule has 1 saturated heterocycles. The van der Waals surface area contributed by atoms with Gasteiger partial charge in [0.1, 0.15) is 12.1 Å². The topological polar surface area (TPSA) is 105 Å². The van der Waals surface area contributed by atoms with E-state index in [9.17, 15) is 14.4 Å². The lowest BCUT2D eigenvalue weighted by atomic mass is 10.2. The fraction of sp³-hybridized carbons (Fsp3) is 0.750. The molecule has 0 aliphatic carbocycles. The number of hydrogen-bond acceptors (Lipinski definition) is 4. The zero-order valence-corrected chi connectivity index (χ0v) is 11.3. The molecule has 0 aromatic carbocycles. The minimum atomic E-state index is -1.07. The van der Waals surface area contributed by atoms with Crippen molar-refractivity contribution in [3.8, 4) is 0 Å². The van der Waals surface area contributed by atoms with E-state index < -0.39 is 30.1 Å². The molecule has 3 atom stereocenters. The Labute approximate surface area is 111 Å². The van der Waals surface area contributed by atoms with Gasteiger partial charge < -0.3 is 20.5 Å². The van der Waals surface area contributed by atoms with Crippen LogP contribution in [0.5, 0.6) is 0 Å². The molecule has 19 heavy (non-hydrogen) atoms. The highest BCUT2D eigenvalue weighted by Gasteiger charge is 2.35. The Hall–Kier alpha value is -1.63. The van der Waals surface area contributed by atoms with Crippen LogP contribution in [-0.4, -0.2) is 47.2 Å². The third-order valence-electron chi connectivity index (χ3n) is 2.77. The number of carboxylic acids is 1. The molecule has 0 bridgehead atoms. The first-order chi connectivity index (χ1) is 8.81. The number of amides is 2. The molecule has 1 rings (SSSR count). The highest BCUT2D eigenvalue weighted by molar-refractivity contribution is 5.89. The number of carboxylic acid groups (broad SMARTS) is 1. The van der Waals surface area contributed by atoms with Crippen molar-refractivity contribution < 1.29 is 24.2 Å². The number of carbonyl (C=O) groups is 3. The lowest BCUT2D eigenvalue weighted by Gasteiger charge is -2.18. The molecule has 2 amide bonds. The molecule has 1 fully saturated rings. The summed E-state index contributed by atoms with van der Waals surface area (Å²) in [5.74, 6) is -1.80. The van der Waals surface area contributed by atoms with Crippen molar-refractivity contribution in [1.29, 1.82) is 0 Å². The third kappa shape index (κ3) is 4.51. The van der Waals surface area contributed by atoms with Crippen molar-refractivity contribution in [2.45, 2.75) is 57.9 Å². The molecule has 7 heteroatoms. The maximum Gasteiger partial charge on any atom is 0.332 e. The Bertz CT molecular complexity index is 369. The molecule has 0 aromatic rings. The lowest BCUT2D eigenvalue weighted by molar-refractivity contribution is -0.152. The molecule has 3 N–H and O–H groups in total. The van der Waals surface area contributed by atoms with Crippen LogP contribution in [0.3, 0.4) is 0 Å². The summed E-state index contributed by atoms with van der Waals surface area (Å²) in [4.78, 5) is 34.1. The number of rotatable bonds is 5. The van der Waals surface area contributed by atoms with Gasteiger partial charge in [0.05, 0.1) is 0 Å². The number of hydrogen-bond donors (Lipinski definition) is 3. The van der Waals surface area contributed by atoms with Gasteiger partial charge in [-0.2, -0.15) is 0 Å². The Balaban J connectivity index is 2.43. The van der Waals surface area contributed by atoms with E-state index in [1.54, 1.807) is 6.92 Å². The van der Waals surface area contributed by atoms with Gasteiger partial charge in [0.25, 0.3) is 0 Å². The van der Waals surface area contributed by atoms with Crippen LogP contribution in [0.15, 0.2) is 0 Å². The summed E-state index contributed by atoms with van der Waals surface area (Å²) >= 11 is 0. The monoisotopic (exact) mass is 272 g/mol. The molecular weight excluding hydrogens is 252 g/mol. The first kappa shape index (κ1) is 15.4. The van der Waals surface area contributed by atoms with Crippen LogP contribution in [0.4, 0.5) is 0 Å². The SMILES string of the molecule is CC(C)NC(=O)C(C)NC(=O)C1CCC(C(=O)O)O1. The standard InChI is InChI=1S/C12H20N2O5/c1-6(2)13-10(15)7(3)14-11(16)8-4-5-9(19-8)12(17)18/h6-9H,4-5H2,1-3H3,(H,13,15)(H,14,16)(H,17,18). The van der Waals surface area contributed by atoms with Gasteiger partial charge in [-0.05, 0) is 33.6 Å². The van der Waals surface area contributed by atoms with Crippen molar-refractivity contribution in [3.05, 3.63) is 0 Å². The quantitative estimate of drug-likeness (QED) is 0.634. The van der Waals surface area contributed by atoms with Crippen LogP contribution < -0.4 is 10.6 Å². The van der Waals surface area contributed by atoms with Gasteiger partial charge in [0.2, 0.25) is 11.8 Å². The molecule has 0 radical (unpaired) electrons. The van der Waals surface area contributed by atoms with Crippen molar-refractivity contribution >= 4 is 17.8 Å². The summed E-state index contributed by atoms with van der Waals surface area (Å²) in [6.07, 6.45) is -1.08. The Kier molecular flexibility index (Phi) is 5.29. The van der Waals surface area contributed by atoms with Crippen molar-refractivity contribution in [3.63, 3.8) is 0 Å². The second-order valence-electron chi connectivity index (χ2n) is 4.92. The minimum absolute atomic E-state index is 0.00836. The molecule has 1 aliphatic rings. The van der Waals surface area contributed by atoms with Crippen molar-refractivity contribution in [2.75, 3.05) is 0 Å². The van der Waals surface area contributed by atoms with Crippen LogP contribution in [0.1, 0.15) is 33.6 Å². The van der Waals surface area contributed by atoms with E-state index in [-0.39, 0.29) is 11.9 Å². The predicted octanol–water partition coefficient (Wildman–Crippen LogP) is -0.352. The lowest BCUT2D eigenvalue weighted by Crippen LogP contribution is -2.49. The van der Waals surface area contributed by atoms with Gasteiger partial charge in [-0.15, -0.1) is 0 Å². The molecule has 1 aliphatic heterocycles. The average molecular weight is 272 g/mol. The molecule has 0 spiro atoms. The molecule has 108 valence electrons. The van der Waals surface area contributed by atoms with Crippen LogP contribution in [-0.2, 0) is 19.1 Å². The highest BCUT2D eigenvalue weighted by Crippen LogP contribution is 2.19. The van der Waals surface area contributed by atoms with E-state index in [2.05, 4.69) is 10.6 Å². The fourth-order valence-corrected chi connectivity index (χ4v) is 1.79. The van der Waals surface area contributed by atoms with Gasteiger partial charge >= 0.3 is 5.97 Å². The van der Waals surface area contributed by atoms with Gasteiger partial charge in [-0.1, -0.05) is 0 Å². The zero-order valence-electron chi connectivity index (χ0n) is 11.3. The summed E-state index contributed by atoms with van der Waals surface area (Å²) in [6, 6.07) is -0.687. The van der Waals surface area contributed by atoms with Crippen LogP contribution in [0.2, 0.25) is 0 Å². The first-order valence-electron chi connectivity index (χ1n) is 6.30. The third-order valence-corrected chi connectivity index (χ3v) is 2.77. The highest BCUT2D eigenvalue weighted by atomic mass is 16.5. The Morgan fingerprint density at radius 2 is 1.68 bits per heavy atom. The number of carbonyl (C=O) groups excluding carboxylic acids is 2. The predicted molar refractivity (Wildman–Crippen MR) is 66.4 cm³/mol. The molecule has 7 nitrogen and oxygen atoms in total. The largest absolute Gasteiger partial charge is 0.479 e. The normalized spacial score (nSPS) is 24.0. The summed E-state index contributed by atoms with van der Waals surface area (Å²) < 4.78 is 5.10. The Morgan fingerprint density at radius 1 is 1.11 bits per heavy atom. The zero-order chi connectivity index (χ0) is 14.6. The first-order valence-corrected chi connectivity index (χ1v) is 6.30. The van der Waals surface area contributed by atoms with Crippen molar-refractivity contribution in [1.82, 2.24) is 10.6 Å². The van der Waals surface area contributed by atoms with Gasteiger partial charge in [-0.25, -0.2) is 4.79 Å². The second-order valence-corrected chi connectivity index (χ2v) is 4.92. The fourth-order valence-electron chi connectivity index (χ4n) is 1.79. The van der Waals surface area contributed by atoms with Crippen LogP contribution >= 0.6 is 0 Å². The average Bonchev–Trinajstić information content (AvgIpc) is 2.77. The number of nitrogens with one attached hydrogen (secondary N) is 2. The maximum absolute atomic E-state index is 11.8. The van der Waals surface area contributed by atoms with E-state index in [4.69, 9.17) is 9.84 Å².